The van der Waals surface area contributed by atoms with Gasteiger partial charge in [0.15, 0.2) is 0 Å². The van der Waals surface area contributed by atoms with Crippen molar-refractivity contribution in [3.8, 4) is 0 Å². The average molecular weight is 196 g/mol. The fraction of sp³-hybridized carbons (Fsp3) is 0.833. The molecule has 0 bridgehead atoms. The highest BCUT2D eigenvalue weighted by atomic mass is 16.3. The maximum absolute atomic E-state index is 9.89. The van der Waals surface area contributed by atoms with Gasteiger partial charge in [0.2, 0.25) is 0 Å². The lowest BCUT2D eigenvalue weighted by Gasteiger charge is -2.32. The topological polar surface area (TPSA) is 40.5 Å². The van der Waals surface area contributed by atoms with E-state index in [2.05, 4.69) is 0 Å². The Kier molecular flexibility index (Phi) is 3.12. The standard InChI is InChI=1S/C12H20O2/c13-11-7-3-1-5-9(11)10-6-2-4-8-12(10)14/h9,11,13-14H,1-8H2. The number of hydrogen-bond donors (Lipinski definition) is 2. The molecule has 2 atom stereocenters. The summed E-state index contributed by atoms with van der Waals surface area (Å²) in [5.74, 6) is 0.853. The summed E-state index contributed by atoms with van der Waals surface area (Å²) in [4.78, 5) is 0. The fourth-order valence-electron chi connectivity index (χ4n) is 2.83. The number of hydrogen-bond acceptors (Lipinski definition) is 2. The van der Waals surface area contributed by atoms with Crippen LogP contribution in [0.3, 0.4) is 0 Å². The normalized spacial score (nSPS) is 34.6. The van der Waals surface area contributed by atoms with Crippen LogP contribution in [0.2, 0.25) is 0 Å². The van der Waals surface area contributed by atoms with Crippen LogP contribution >= 0.6 is 0 Å². The minimum atomic E-state index is -0.195. The van der Waals surface area contributed by atoms with Crippen LogP contribution in [0.1, 0.15) is 51.4 Å². The van der Waals surface area contributed by atoms with Crippen molar-refractivity contribution < 1.29 is 10.2 Å². The van der Waals surface area contributed by atoms with Gasteiger partial charge in [0.05, 0.1) is 11.9 Å². The van der Waals surface area contributed by atoms with Crippen molar-refractivity contribution in [2.24, 2.45) is 5.92 Å². The maximum atomic E-state index is 9.89. The van der Waals surface area contributed by atoms with Crippen LogP contribution in [0.5, 0.6) is 0 Å². The molecule has 2 unspecified atom stereocenters. The summed E-state index contributed by atoms with van der Waals surface area (Å²) in [5, 5.41) is 19.7. The minimum absolute atomic E-state index is 0.195. The van der Waals surface area contributed by atoms with Crippen molar-refractivity contribution in [2.45, 2.75) is 57.5 Å². The van der Waals surface area contributed by atoms with Gasteiger partial charge in [-0.25, -0.2) is 0 Å². The SMILES string of the molecule is OC1=C(C2CCCCC2O)CCCC1. The molecule has 2 N–H and O–H groups in total. The highest BCUT2D eigenvalue weighted by Crippen LogP contribution is 2.37. The van der Waals surface area contributed by atoms with Crippen molar-refractivity contribution >= 4 is 0 Å². The summed E-state index contributed by atoms with van der Waals surface area (Å²) in [7, 11) is 0. The summed E-state index contributed by atoms with van der Waals surface area (Å²) in [5.41, 5.74) is 1.17. The predicted molar refractivity (Wildman–Crippen MR) is 56.1 cm³/mol. The van der Waals surface area contributed by atoms with E-state index in [4.69, 9.17) is 0 Å². The summed E-state index contributed by atoms with van der Waals surface area (Å²) in [6.07, 6.45) is 8.28. The lowest BCUT2D eigenvalue weighted by Crippen LogP contribution is -2.27. The van der Waals surface area contributed by atoms with E-state index in [1.807, 2.05) is 0 Å². The first-order valence-electron chi connectivity index (χ1n) is 5.88. The van der Waals surface area contributed by atoms with E-state index in [1.54, 1.807) is 0 Å². The van der Waals surface area contributed by atoms with Crippen LogP contribution in [-0.4, -0.2) is 16.3 Å². The Balaban J connectivity index is 2.11. The molecule has 0 radical (unpaired) electrons. The molecule has 1 fully saturated rings. The van der Waals surface area contributed by atoms with E-state index >= 15 is 0 Å². The van der Waals surface area contributed by atoms with Gasteiger partial charge >= 0.3 is 0 Å². The highest BCUT2D eigenvalue weighted by Gasteiger charge is 2.29. The molecule has 0 heterocycles. The van der Waals surface area contributed by atoms with Gasteiger partial charge in [-0.2, -0.15) is 0 Å². The van der Waals surface area contributed by atoms with Crippen LogP contribution in [-0.2, 0) is 0 Å². The largest absolute Gasteiger partial charge is 0.512 e. The fourth-order valence-corrected chi connectivity index (χ4v) is 2.83. The van der Waals surface area contributed by atoms with Crippen LogP contribution in [0.4, 0.5) is 0 Å². The Hall–Kier alpha value is -0.500. The zero-order valence-electron chi connectivity index (χ0n) is 8.71. The molecule has 2 aliphatic carbocycles. The van der Waals surface area contributed by atoms with Gasteiger partial charge in [0.1, 0.15) is 0 Å². The first-order chi connectivity index (χ1) is 6.79. The zero-order valence-corrected chi connectivity index (χ0v) is 8.71. The van der Waals surface area contributed by atoms with Crippen molar-refractivity contribution in [3.05, 3.63) is 11.3 Å². The summed E-state index contributed by atoms with van der Waals surface area (Å²) in [6, 6.07) is 0. The van der Waals surface area contributed by atoms with E-state index in [0.717, 1.165) is 38.5 Å². The average Bonchev–Trinajstić information content (AvgIpc) is 2.20. The van der Waals surface area contributed by atoms with Gasteiger partial charge < -0.3 is 10.2 Å². The molecule has 80 valence electrons. The van der Waals surface area contributed by atoms with E-state index in [9.17, 15) is 10.2 Å². The molecular formula is C12H20O2. The minimum Gasteiger partial charge on any atom is -0.512 e. The lowest BCUT2D eigenvalue weighted by atomic mass is 9.77. The molecule has 2 aliphatic rings. The molecule has 0 aromatic rings. The predicted octanol–water partition coefficient (Wildman–Crippen LogP) is 2.92. The lowest BCUT2D eigenvalue weighted by molar-refractivity contribution is 0.0817. The molecule has 1 saturated carbocycles. The quantitative estimate of drug-likeness (QED) is 0.677. The Morgan fingerprint density at radius 2 is 1.64 bits per heavy atom. The number of aliphatic hydroxyl groups excluding tert-OH is 2. The molecular weight excluding hydrogens is 176 g/mol. The van der Waals surface area contributed by atoms with Gasteiger partial charge in [0, 0.05) is 12.3 Å². The third kappa shape index (κ3) is 1.95. The molecule has 2 heteroatoms. The summed E-state index contributed by atoms with van der Waals surface area (Å²) < 4.78 is 0. The van der Waals surface area contributed by atoms with Gasteiger partial charge in [-0.05, 0) is 37.7 Å². The van der Waals surface area contributed by atoms with Gasteiger partial charge in [-0.1, -0.05) is 12.8 Å². The number of aliphatic hydroxyl groups is 2. The van der Waals surface area contributed by atoms with Gasteiger partial charge in [-0.15, -0.1) is 0 Å². The zero-order chi connectivity index (χ0) is 9.97. The Morgan fingerprint density at radius 3 is 2.36 bits per heavy atom. The Bertz CT molecular complexity index is 232. The number of rotatable bonds is 1. The Labute approximate surface area is 85.6 Å². The van der Waals surface area contributed by atoms with Gasteiger partial charge in [-0.3, -0.25) is 0 Å². The molecule has 2 nitrogen and oxygen atoms in total. The van der Waals surface area contributed by atoms with Crippen LogP contribution in [0.25, 0.3) is 0 Å². The third-order valence-corrected chi connectivity index (χ3v) is 3.66. The van der Waals surface area contributed by atoms with E-state index < -0.39 is 0 Å². The molecule has 0 aliphatic heterocycles. The van der Waals surface area contributed by atoms with Gasteiger partial charge in [0.25, 0.3) is 0 Å². The van der Waals surface area contributed by atoms with Crippen LogP contribution < -0.4 is 0 Å². The van der Waals surface area contributed by atoms with Crippen LogP contribution in [0, 0.1) is 5.92 Å². The van der Waals surface area contributed by atoms with Crippen molar-refractivity contribution in [2.75, 3.05) is 0 Å². The summed E-state index contributed by atoms with van der Waals surface area (Å²) in [6.45, 7) is 0. The monoisotopic (exact) mass is 196 g/mol. The van der Waals surface area contributed by atoms with E-state index in [-0.39, 0.29) is 12.0 Å². The second-order valence-corrected chi connectivity index (χ2v) is 4.64. The van der Waals surface area contributed by atoms with E-state index in [1.165, 1.54) is 18.4 Å². The molecule has 14 heavy (non-hydrogen) atoms. The van der Waals surface area contributed by atoms with Crippen molar-refractivity contribution in [3.63, 3.8) is 0 Å². The van der Waals surface area contributed by atoms with Crippen LogP contribution in [0.15, 0.2) is 11.3 Å². The Morgan fingerprint density at radius 1 is 0.929 bits per heavy atom. The molecule has 0 saturated heterocycles. The first kappa shape index (κ1) is 10.0. The second kappa shape index (κ2) is 4.35. The second-order valence-electron chi connectivity index (χ2n) is 4.64. The summed E-state index contributed by atoms with van der Waals surface area (Å²) >= 11 is 0. The van der Waals surface area contributed by atoms with Crippen molar-refractivity contribution in [1.29, 1.82) is 0 Å². The molecule has 0 aromatic heterocycles. The molecule has 2 rings (SSSR count). The van der Waals surface area contributed by atoms with E-state index in [0.29, 0.717) is 5.76 Å². The third-order valence-electron chi connectivity index (χ3n) is 3.66. The highest BCUT2D eigenvalue weighted by molar-refractivity contribution is 5.16. The number of allylic oxidation sites excluding steroid dienone is 1. The molecule has 0 spiro atoms. The molecule has 0 aromatic carbocycles. The van der Waals surface area contributed by atoms with Crippen molar-refractivity contribution in [1.82, 2.24) is 0 Å². The first-order valence-corrected chi connectivity index (χ1v) is 5.88. The smallest absolute Gasteiger partial charge is 0.0918 e. The molecule has 0 amide bonds. The maximum Gasteiger partial charge on any atom is 0.0918 e.